The fourth-order valence-corrected chi connectivity index (χ4v) is 2.47. The van der Waals surface area contributed by atoms with Gasteiger partial charge in [0.2, 0.25) is 0 Å². The number of hydrogen-bond acceptors (Lipinski definition) is 4. The molecular weight excluding hydrogens is 308 g/mol. The Morgan fingerprint density at radius 2 is 1.75 bits per heavy atom. The highest BCUT2D eigenvalue weighted by atomic mass is 16.5. The number of esters is 1. The third-order valence-corrected chi connectivity index (χ3v) is 3.58. The highest BCUT2D eigenvalue weighted by Gasteiger charge is 2.27. The molecular formula is C18H20N2O4. The summed E-state index contributed by atoms with van der Waals surface area (Å²) < 4.78 is 5.27. The number of nitrogens with one attached hydrogen (secondary N) is 1. The first-order valence-corrected chi connectivity index (χ1v) is 7.65. The molecule has 2 aromatic rings. The second-order valence-electron chi connectivity index (χ2n) is 5.82. The van der Waals surface area contributed by atoms with Crippen LogP contribution in [0.2, 0.25) is 0 Å². The number of fused-ring (bicyclic) bond motifs is 1. The van der Waals surface area contributed by atoms with Gasteiger partial charge < -0.3 is 10.5 Å². The number of nitrogens with two attached hydrogens (primary N) is 1. The third kappa shape index (κ3) is 4.32. The zero-order valence-corrected chi connectivity index (χ0v) is 13.6. The minimum absolute atomic E-state index is 0.0361. The number of ether oxygens (including phenoxy) is 1. The molecule has 0 heterocycles. The Bertz CT molecular complexity index is 765. The van der Waals surface area contributed by atoms with E-state index in [0.717, 1.165) is 16.3 Å². The highest BCUT2D eigenvalue weighted by Crippen LogP contribution is 2.19. The van der Waals surface area contributed by atoms with Gasteiger partial charge in [0.25, 0.3) is 5.91 Å². The number of primary amides is 1. The molecule has 2 aromatic carbocycles. The quantitative estimate of drug-likeness (QED) is 0.822. The van der Waals surface area contributed by atoms with Gasteiger partial charge in [-0.3, -0.25) is 14.9 Å². The molecule has 0 radical (unpaired) electrons. The normalized spacial score (nSPS) is 12.0. The summed E-state index contributed by atoms with van der Waals surface area (Å²) in [4.78, 5) is 35.0. The van der Waals surface area contributed by atoms with Crippen LogP contribution in [0.5, 0.6) is 0 Å². The average molecular weight is 328 g/mol. The van der Waals surface area contributed by atoms with Gasteiger partial charge in [-0.15, -0.1) is 0 Å². The van der Waals surface area contributed by atoms with Crippen LogP contribution in [0.15, 0.2) is 42.5 Å². The van der Waals surface area contributed by atoms with Crippen LogP contribution in [-0.4, -0.2) is 24.0 Å². The van der Waals surface area contributed by atoms with Gasteiger partial charge in [0.1, 0.15) is 0 Å². The van der Waals surface area contributed by atoms with Gasteiger partial charge in [0.05, 0.1) is 6.42 Å². The fourth-order valence-electron chi connectivity index (χ4n) is 2.47. The summed E-state index contributed by atoms with van der Waals surface area (Å²) in [5.74, 6) is -1.55. The third-order valence-electron chi connectivity index (χ3n) is 3.58. The summed E-state index contributed by atoms with van der Waals surface area (Å²) in [7, 11) is 0. The van der Waals surface area contributed by atoms with Gasteiger partial charge in [0, 0.05) is 0 Å². The van der Waals surface area contributed by atoms with Crippen molar-refractivity contribution in [2.45, 2.75) is 26.4 Å². The van der Waals surface area contributed by atoms with Crippen LogP contribution < -0.4 is 11.1 Å². The summed E-state index contributed by atoms with van der Waals surface area (Å²) in [5.41, 5.74) is 5.75. The van der Waals surface area contributed by atoms with Crippen molar-refractivity contribution < 1.29 is 19.1 Å². The molecule has 0 aliphatic carbocycles. The van der Waals surface area contributed by atoms with E-state index in [1.165, 1.54) is 0 Å². The molecule has 0 unspecified atom stereocenters. The molecule has 0 saturated heterocycles. The van der Waals surface area contributed by atoms with Crippen LogP contribution in [0.25, 0.3) is 10.8 Å². The average Bonchev–Trinajstić information content (AvgIpc) is 2.52. The number of hydrogen-bond donors (Lipinski definition) is 2. The SMILES string of the molecule is CC(C)[C@@H](OC(=O)Cc1cccc2ccccc12)C(=O)NC(N)=O. The molecule has 6 heteroatoms. The minimum atomic E-state index is -1.07. The fraction of sp³-hybridized carbons (Fsp3) is 0.278. The zero-order valence-electron chi connectivity index (χ0n) is 13.6. The zero-order chi connectivity index (χ0) is 17.7. The van der Waals surface area contributed by atoms with Crippen LogP contribution in [0.3, 0.4) is 0 Å². The number of carbonyl (C=O) groups excluding carboxylic acids is 3. The van der Waals surface area contributed by atoms with E-state index < -0.39 is 24.0 Å². The smallest absolute Gasteiger partial charge is 0.318 e. The van der Waals surface area contributed by atoms with Crippen LogP contribution >= 0.6 is 0 Å². The second kappa shape index (κ2) is 7.59. The lowest BCUT2D eigenvalue weighted by Gasteiger charge is -2.20. The highest BCUT2D eigenvalue weighted by molar-refractivity contribution is 5.97. The van der Waals surface area contributed by atoms with E-state index in [1.807, 2.05) is 47.8 Å². The van der Waals surface area contributed by atoms with E-state index >= 15 is 0 Å². The van der Waals surface area contributed by atoms with Crippen LogP contribution in [-0.2, 0) is 20.7 Å². The van der Waals surface area contributed by atoms with E-state index in [4.69, 9.17) is 10.5 Å². The summed E-state index contributed by atoms with van der Waals surface area (Å²) in [6.45, 7) is 3.44. The standard InChI is InChI=1S/C18H20N2O4/c1-11(2)16(17(22)20-18(19)23)24-15(21)10-13-8-5-7-12-6-3-4-9-14(12)13/h3-9,11,16H,10H2,1-2H3,(H3,19,20,22,23)/t16-/m1/s1. The van der Waals surface area contributed by atoms with Crippen LogP contribution in [0, 0.1) is 5.92 Å². The Morgan fingerprint density at radius 3 is 2.42 bits per heavy atom. The molecule has 0 aliphatic rings. The maximum Gasteiger partial charge on any atom is 0.318 e. The van der Waals surface area contributed by atoms with Crippen molar-refractivity contribution in [3.8, 4) is 0 Å². The van der Waals surface area contributed by atoms with Gasteiger partial charge in [-0.05, 0) is 22.3 Å². The summed E-state index contributed by atoms with van der Waals surface area (Å²) in [6, 6.07) is 12.4. The molecule has 0 bridgehead atoms. The number of carbonyl (C=O) groups is 3. The van der Waals surface area contributed by atoms with Gasteiger partial charge >= 0.3 is 12.0 Å². The van der Waals surface area contributed by atoms with E-state index in [1.54, 1.807) is 13.8 Å². The molecule has 126 valence electrons. The first-order valence-electron chi connectivity index (χ1n) is 7.65. The maximum absolute atomic E-state index is 12.2. The molecule has 3 N–H and O–H groups in total. The Hall–Kier alpha value is -2.89. The molecule has 1 atom stereocenters. The number of urea groups is 1. The molecule has 2 rings (SSSR count). The first-order chi connectivity index (χ1) is 11.4. The lowest BCUT2D eigenvalue weighted by atomic mass is 10.0. The summed E-state index contributed by atoms with van der Waals surface area (Å²) in [5, 5.41) is 3.93. The predicted octanol–water partition coefficient (Wildman–Crippen LogP) is 2.15. The van der Waals surface area contributed by atoms with Gasteiger partial charge in [-0.25, -0.2) is 4.79 Å². The summed E-state index contributed by atoms with van der Waals surface area (Å²) in [6.07, 6.45) is -1.03. The van der Waals surface area contributed by atoms with Crippen LogP contribution in [0.1, 0.15) is 19.4 Å². The molecule has 0 saturated carbocycles. The molecule has 0 aromatic heterocycles. The van der Waals surface area contributed by atoms with Crippen molar-refractivity contribution in [2.75, 3.05) is 0 Å². The Balaban J connectivity index is 2.13. The number of rotatable bonds is 5. The molecule has 24 heavy (non-hydrogen) atoms. The van der Waals surface area contributed by atoms with Gasteiger partial charge in [0.15, 0.2) is 6.10 Å². The lowest BCUT2D eigenvalue weighted by molar-refractivity contribution is -0.157. The Morgan fingerprint density at radius 1 is 1.08 bits per heavy atom. The minimum Gasteiger partial charge on any atom is -0.452 e. The van der Waals surface area contributed by atoms with Crippen molar-refractivity contribution >= 4 is 28.7 Å². The first kappa shape index (κ1) is 17.5. The predicted molar refractivity (Wildman–Crippen MR) is 90.1 cm³/mol. The van der Waals surface area contributed by atoms with E-state index in [9.17, 15) is 14.4 Å². The van der Waals surface area contributed by atoms with Crippen molar-refractivity contribution in [1.29, 1.82) is 0 Å². The van der Waals surface area contributed by atoms with Crippen LogP contribution in [0.4, 0.5) is 4.79 Å². The monoisotopic (exact) mass is 328 g/mol. The van der Waals surface area contributed by atoms with Crippen molar-refractivity contribution in [3.63, 3.8) is 0 Å². The largest absolute Gasteiger partial charge is 0.452 e. The Labute approximate surface area is 140 Å². The molecule has 6 nitrogen and oxygen atoms in total. The summed E-state index contributed by atoms with van der Waals surface area (Å²) >= 11 is 0. The molecule has 3 amide bonds. The van der Waals surface area contributed by atoms with E-state index in [2.05, 4.69) is 0 Å². The second-order valence-corrected chi connectivity index (χ2v) is 5.82. The topological polar surface area (TPSA) is 98.5 Å². The molecule has 0 aliphatic heterocycles. The Kier molecular flexibility index (Phi) is 5.52. The number of imide groups is 1. The van der Waals surface area contributed by atoms with Gasteiger partial charge in [-0.2, -0.15) is 0 Å². The maximum atomic E-state index is 12.2. The number of amides is 3. The number of benzene rings is 2. The molecule has 0 fully saturated rings. The molecule has 0 spiro atoms. The van der Waals surface area contributed by atoms with Crippen molar-refractivity contribution in [1.82, 2.24) is 5.32 Å². The van der Waals surface area contributed by atoms with Crippen molar-refractivity contribution in [2.24, 2.45) is 11.7 Å². The van der Waals surface area contributed by atoms with E-state index in [0.29, 0.717) is 0 Å². The van der Waals surface area contributed by atoms with E-state index in [-0.39, 0.29) is 12.3 Å². The lowest BCUT2D eigenvalue weighted by Crippen LogP contribution is -2.45. The van der Waals surface area contributed by atoms with Crippen molar-refractivity contribution in [3.05, 3.63) is 48.0 Å². The van der Waals surface area contributed by atoms with Gasteiger partial charge in [-0.1, -0.05) is 56.3 Å².